The van der Waals surface area contributed by atoms with Crippen molar-refractivity contribution in [2.24, 2.45) is 0 Å². The monoisotopic (exact) mass is 334 g/mol. The van der Waals surface area contributed by atoms with E-state index in [0.717, 1.165) is 18.7 Å². The van der Waals surface area contributed by atoms with Crippen LogP contribution in [0.1, 0.15) is 22.2 Å². The molecule has 1 N–H and O–H groups in total. The van der Waals surface area contributed by atoms with Crippen LogP contribution < -0.4 is 0 Å². The van der Waals surface area contributed by atoms with E-state index in [1.54, 1.807) is 17.0 Å². The zero-order valence-electron chi connectivity index (χ0n) is 12.7. The van der Waals surface area contributed by atoms with E-state index >= 15 is 0 Å². The van der Waals surface area contributed by atoms with E-state index in [0.29, 0.717) is 19.6 Å². The van der Waals surface area contributed by atoms with Crippen LogP contribution in [-0.2, 0) is 0 Å². The number of benzene rings is 1. The molecule has 0 saturated carbocycles. The largest absolute Gasteiger partial charge is 0.440 e. The summed E-state index contributed by atoms with van der Waals surface area (Å²) in [6, 6.07) is 12.8. The number of halogens is 1. The maximum atomic E-state index is 12.3. The van der Waals surface area contributed by atoms with Gasteiger partial charge in [0.1, 0.15) is 0 Å². The minimum atomic E-state index is -0.512. The van der Waals surface area contributed by atoms with Gasteiger partial charge in [0, 0.05) is 32.7 Å². The molecule has 2 heterocycles. The Morgan fingerprint density at radius 3 is 2.43 bits per heavy atom. The smallest absolute Gasteiger partial charge is 0.289 e. The number of carbonyl (C=O) groups is 1. The number of amides is 1. The van der Waals surface area contributed by atoms with E-state index in [9.17, 15) is 9.90 Å². The molecule has 0 bridgehead atoms. The molecule has 1 aliphatic heterocycles. The molecule has 2 aromatic rings. The first-order valence-electron chi connectivity index (χ1n) is 7.63. The van der Waals surface area contributed by atoms with Crippen molar-refractivity contribution >= 4 is 17.5 Å². The second-order valence-corrected chi connectivity index (χ2v) is 6.00. The highest BCUT2D eigenvalue weighted by molar-refractivity contribution is 6.29. The van der Waals surface area contributed by atoms with Crippen molar-refractivity contribution in [3.63, 3.8) is 0 Å². The van der Waals surface area contributed by atoms with E-state index in [-0.39, 0.29) is 16.9 Å². The fourth-order valence-corrected chi connectivity index (χ4v) is 2.89. The summed E-state index contributed by atoms with van der Waals surface area (Å²) in [7, 11) is 0. The Morgan fingerprint density at radius 2 is 1.83 bits per heavy atom. The summed E-state index contributed by atoms with van der Waals surface area (Å²) in [6.45, 7) is 3.24. The summed E-state index contributed by atoms with van der Waals surface area (Å²) in [5.74, 6) is 0.132. The number of rotatable bonds is 4. The number of hydrogen-bond donors (Lipinski definition) is 1. The van der Waals surface area contributed by atoms with Crippen LogP contribution in [0.5, 0.6) is 0 Å². The normalized spacial score (nSPS) is 17.2. The molecule has 1 aromatic carbocycles. The molecule has 1 saturated heterocycles. The maximum absolute atomic E-state index is 12.3. The average Bonchev–Trinajstić information content (AvgIpc) is 3.02. The summed E-state index contributed by atoms with van der Waals surface area (Å²) in [6.07, 6.45) is -0.512. The summed E-state index contributed by atoms with van der Waals surface area (Å²) >= 11 is 5.71. The van der Waals surface area contributed by atoms with Gasteiger partial charge >= 0.3 is 0 Å². The highest BCUT2D eigenvalue weighted by atomic mass is 35.5. The van der Waals surface area contributed by atoms with Crippen LogP contribution in [-0.4, -0.2) is 53.5 Å². The zero-order valence-corrected chi connectivity index (χ0v) is 13.4. The van der Waals surface area contributed by atoms with Crippen molar-refractivity contribution in [2.45, 2.75) is 6.10 Å². The number of furan rings is 1. The van der Waals surface area contributed by atoms with E-state index in [4.69, 9.17) is 16.0 Å². The number of hydrogen-bond acceptors (Lipinski definition) is 4. The third-order valence-corrected chi connectivity index (χ3v) is 4.26. The molecule has 1 unspecified atom stereocenters. The molecule has 6 heteroatoms. The molecule has 1 amide bonds. The van der Waals surface area contributed by atoms with Crippen molar-refractivity contribution in [2.75, 3.05) is 32.7 Å². The molecule has 3 rings (SSSR count). The molecule has 0 aliphatic carbocycles. The minimum Gasteiger partial charge on any atom is -0.440 e. The highest BCUT2D eigenvalue weighted by Crippen LogP contribution is 2.18. The number of nitrogens with zero attached hydrogens (tertiary/aromatic N) is 2. The Bertz CT molecular complexity index is 651. The molecule has 0 radical (unpaired) electrons. The Hall–Kier alpha value is -1.82. The molecule has 5 nitrogen and oxygen atoms in total. The average molecular weight is 335 g/mol. The van der Waals surface area contributed by atoms with E-state index in [1.807, 2.05) is 30.3 Å². The lowest BCUT2D eigenvalue weighted by molar-refractivity contribution is 0.0503. The van der Waals surface area contributed by atoms with Crippen LogP contribution in [0.4, 0.5) is 0 Å². The zero-order chi connectivity index (χ0) is 16.2. The van der Waals surface area contributed by atoms with Gasteiger partial charge in [0.2, 0.25) is 0 Å². The predicted octanol–water partition coefficient (Wildman–Crippen LogP) is 2.42. The second kappa shape index (κ2) is 7.17. The number of β-amino-alcohol motifs (C(OH)–C–C–N with tert-alkyl or cyclic N) is 1. The molecule has 122 valence electrons. The molecular formula is C17H19ClN2O3. The first kappa shape index (κ1) is 16.1. The number of aliphatic hydroxyl groups is 1. The third-order valence-electron chi connectivity index (χ3n) is 4.06. The predicted molar refractivity (Wildman–Crippen MR) is 87.5 cm³/mol. The van der Waals surface area contributed by atoms with Crippen molar-refractivity contribution < 1.29 is 14.3 Å². The fourth-order valence-electron chi connectivity index (χ4n) is 2.74. The van der Waals surface area contributed by atoms with Gasteiger partial charge in [-0.05, 0) is 29.3 Å². The van der Waals surface area contributed by atoms with Crippen LogP contribution in [0.25, 0.3) is 0 Å². The van der Waals surface area contributed by atoms with E-state index < -0.39 is 6.10 Å². The minimum absolute atomic E-state index is 0.139. The first-order valence-corrected chi connectivity index (χ1v) is 8.01. The molecule has 0 spiro atoms. The number of aliphatic hydroxyl groups excluding tert-OH is 1. The lowest BCUT2D eigenvalue weighted by Gasteiger charge is -2.35. The van der Waals surface area contributed by atoms with Gasteiger partial charge in [0.05, 0.1) is 6.10 Å². The van der Waals surface area contributed by atoms with Crippen LogP contribution >= 0.6 is 11.6 Å². The lowest BCUT2D eigenvalue weighted by atomic mass is 10.1. The van der Waals surface area contributed by atoms with Crippen LogP contribution in [0.15, 0.2) is 46.9 Å². The van der Waals surface area contributed by atoms with Gasteiger partial charge in [-0.15, -0.1) is 0 Å². The number of carbonyl (C=O) groups excluding carboxylic acids is 1. The quantitative estimate of drug-likeness (QED) is 0.933. The fraction of sp³-hybridized carbons (Fsp3) is 0.353. The Morgan fingerprint density at radius 1 is 1.13 bits per heavy atom. The van der Waals surface area contributed by atoms with Crippen LogP contribution in [0.2, 0.25) is 5.22 Å². The summed E-state index contributed by atoms with van der Waals surface area (Å²) < 4.78 is 5.17. The topological polar surface area (TPSA) is 56.9 Å². The van der Waals surface area contributed by atoms with Crippen molar-refractivity contribution in [3.05, 3.63) is 59.0 Å². The van der Waals surface area contributed by atoms with E-state index in [1.165, 1.54) is 0 Å². The summed E-state index contributed by atoms with van der Waals surface area (Å²) in [4.78, 5) is 16.2. The van der Waals surface area contributed by atoms with Crippen LogP contribution in [0, 0.1) is 0 Å². The molecule has 1 aromatic heterocycles. The van der Waals surface area contributed by atoms with Crippen molar-refractivity contribution in [1.29, 1.82) is 0 Å². The van der Waals surface area contributed by atoms with Gasteiger partial charge < -0.3 is 14.4 Å². The Balaban J connectivity index is 1.51. The van der Waals surface area contributed by atoms with Gasteiger partial charge in [0.15, 0.2) is 11.0 Å². The molecule has 1 fully saturated rings. The van der Waals surface area contributed by atoms with Gasteiger partial charge in [-0.3, -0.25) is 9.69 Å². The molecule has 1 aliphatic rings. The van der Waals surface area contributed by atoms with Crippen LogP contribution in [0.3, 0.4) is 0 Å². The second-order valence-electron chi connectivity index (χ2n) is 5.62. The van der Waals surface area contributed by atoms with Gasteiger partial charge in [-0.25, -0.2) is 0 Å². The molecule has 1 atom stereocenters. The summed E-state index contributed by atoms with van der Waals surface area (Å²) in [5.41, 5.74) is 0.913. The summed E-state index contributed by atoms with van der Waals surface area (Å²) in [5, 5.41) is 10.5. The molecule has 23 heavy (non-hydrogen) atoms. The SMILES string of the molecule is O=C(c1ccc(Cl)o1)N1CCN(CC(O)c2ccccc2)CC1. The number of piperazine rings is 1. The Labute approximate surface area is 140 Å². The van der Waals surface area contributed by atoms with Crippen molar-refractivity contribution in [3.8, 4) is 0 Å². The highest BCUT2D eigenvalue weighted by Gasteiger charge is 2.25. The first-order chi connectivity index (χ1) is 11.1. The third kappa shape index (κ3) is 3.93. The standard InChI is InChI=1S/C17H19ClN2O3/c18-16-7-6-15(23-16)17(22)20-10-8-19(9-11-20)12-14(21)13-4-2-1-3-5-13/h1-7,14,21H,8-12H2. The Kier molecular flexibility index (Phi) is 5.00. The maximum Gasteiger partial charge on any atom is 0.289 e. The van der Waals surface area contributed by atoms with Gasteiger partial charge in [-0.2, -0.15) is 0 Å². The lowest BCUT2D eigenvalue weighted by Crippen LogP contribution is -2.49. The van der Waals surface area contributed by atoms with Gasteiger partial charge in [0.25, 0.3) is 5.91 Å². The van der Waals surface area contributed by atoms with Crippen molar-refractivity contribution in [1.82, 2.24) is 9.80 Å². The van der Waals surface area contributed by atoms with Gasteiger partial charge in [-0.1, -0.05) is 30.3 Å². The van der Waals surface area contributed by atoms with E-state index in [2.05, 4.69) is 4.90 Å². The molecular weight excluding hydrogens is 316 g/mol.